The zero-order chi connectivity index (χ0) is 32.5. The molecule has 5 heteroatoms. The van der Waals surface area contributed by atoms with E-state index in [4.69, 9.17) is 18.2 Å². The van der Waals surface area contributed by atoms with E-state index in [1.165, 1.54) is 27.1 Å². The molecule has 0 spiro atoms. The lowest BCUT2D eigenvalue weighted by Crippen LogP contribution is -1.93. The van der Waals surface area contributed by atoms with Crippen molar-refractivity contribution in [3.63, 3.8) is 0 Å². The molecule has 8 aromatic carbocycles. The van der Waals surface area contributed by atoms with E-state index >= 15 is 0 Å². The number of hydrogen-bond donors (Lipinski definition) is 0. The second-order valence-corrected chi connectivity index (χ2v) is 13.1. The molecule has 5 nitrogen and oxygen atoms in total. The van der Waals surface area contributed by atoms with Crippen molar-refractivity contribution in [3.8, 4) is 17.1 Å². The standard InChI is InChI=1S/C45H24N2O3/c1-2-10-27-25(9-1)21-32(29-12-4-3-11-28(27)29)26-17-19-40-35(22-26)43-41(48-40)20-18-36-44(43)50-45(46-36)47-37-15-7-5-13-30(37)33-24-42-34(23-38(33)47)31-14-6-8-16-39(31)49-42/h1-24H. The highest BCUT2D eigenvalue weighted by atomic mass is 16.4. The van der Waals surface area contributed by atoms with E-state index in [1.54, 1.807) is 0 Å². The Morgan fingerprint density at radius 2 is 1.14 bits per heavy atom. The Labute approximate surface area is 283 Å². The third kappa shape index (κ3) is 3.43. The van der Waals surface area contributed by atoms with Crippen molar-refractivity contribution >= 4 is 98.3 Å². The molecule has 0 aliphatic heterocycles. The zero-order valence-corrected chi connectivity index (χ0v) is 26.5. The topological polar surface area (TPSA) is 57.2 Å². The Morgan fingerprint density at radius 3 is 2.06 bits per heavy atom. The minimum atomic E-state index is 0.511. The molecule has 0 bridgehead atoms. The smallest absolute Gasteiger partial charge is 0.307 e. The van der Waals surface area contributed by atoms with Crippen LogP contribution in [0.25, 0.3) is 115 Å². The van der Waals surface area contributed by atoms with Crippen LogP contribution >= 0.6 is 0 Å². The van der Waals surface area contributed by atoms with E-state index in [2.05, 4.69) is 120 Å². The molecule has 0 atom stereocenters. The molecule has 12 aromatic rings. The number of oxazole rings is 1. The van der Waals surface area contributed by atoms with Gasteiger partial charge in [0.2, 0.25) is 0 Å². The molecule has 0 fully saturated rings. The van der Waals surface area contributed by atoms with E-state index < -0.39 is 0 Å². The summed E-state index contributed by atoms with van der Waals surface area (Å²) in [6.07, 6.45) is 0. The lowest BCUT2D eigenvalue weighted by atomic mass is 9.92. The fourth-order valence-electron chi connectivity index (χ4n) is 8.18. The first kappa shape index (κ1) is 26.1. The van der Waals surface area contributed by atoms with E-state index in [1.807, 2.05) is 30.3 Å². The number of fused-ring (bicyclic) bond motifs is 14. The molecular weight excluding hydrogens is 617 g/mol. The highest BCUT2D eigenvalue weighted by molar-refractivity contribution is 6.20. The van der Waals surface area contributed by atoms with Gasteiger partial charge in [0.1, 0.15) is 27.8 Å². The number of aromatic nitrogens is 2. The molecule has 232 valence electrons. The molecule has 0 saturated carbocycles. The summed E-state index contributed by atoms with van der Waals surface area (Å²) in [7, 11) is 0. The van der Waals surface area contributed by atoms with Crippen LogP contribution in [0.2, 0.25) is 0 Å². The van der Waals surface area contributed by atoms with Gasteiger partial charge in [-0.1, -0.05) is 91.0 Å². The summed E-state index contributed by atoms with van der Waals surface area (Å²) in [6, 6.07) is 51.4. The van der Waals surface area contributed by atoms with Crippen LogP contribution in [0.15, 0.2) is 159 Å². The molecule has 4 heterocycles. The van der Waals surface area contributed by atoms with Crippen LogP contribution in [-0.4, -0.2) is 9.55 Å². The zero-order valence-electron chi connectivity index (χ0n) is 26.5. The molecule has 0 radical (unpaired) electrons. The Bertz CT molecular complexity index is 3390. The molecule has 4 aromatic heterocycles. The maximum absolute atomic E-state index is 6.83. The van der Waals surface area contributed by atoms with Crippen molar-refractivity contribution in [1.82, 2.24) is 9.55 Å². The molecule has 0 amide bonds. The van der Waals surface area contributed by atoms with Crippen molar-refractivity contribution in [2.45, 2.75) is 0 Å². The van der Waals surface area contributed by atoms with Gasteiger partial charge in [-0.15, -0.1) is 0 Å². The van der Waals surface area contributed by atoms with Gasteiger partial charge in [-0.25, -0.2) is 0 Å². The summed E-state index contributed by atoms with van der Waals surface area (Å²) in [5, 5.41) is 11.2. The minimum Gasteiger partial charge on any atom is -0.456 e. The van der Waals surface area contributed by atoms with Crippen LogP contribution in [0.3, 0.4) is 0 Å². The van der Waals surface area contributed by atoms with Gasteiger partial charge in [-0.05, 0) is 87.3 Å². The van der Waals surface area contributed by atoms with E-state index in [0.717, 1.165) is 76.8 Å². The fourth-order valence-corrected chi connectivity index (χ4v) is 8.18. The first-order valence-corrected chi connectivity index (χ1v) is 16.8. The lowest BCUT2D eigenvalue weighted by molar-refractivity contribution is 0.577. The number of rotatable bonds is 2. The van der Waals surface area contributed by atoms with Gasteiger partial charge in [-0.2, -0.15) is 4.98 Å². The number of para-hydroxylation sites is 2. The van der Waals surface area contributed by atoms with E-state index in [-0.39, 0.29) is 0 Å². The number of nitrogens with zero attached hydrogens (tertiary/aromatic N) is 2. The highest BCUT2D eigenvalue weighted by Gasteiger charge is 2.22. The maximum atomic E-state index is 6.83. The van der Waals surface area contributed by atoms with Gasteiger partial charge >= 0.3 is 6.01 Å². The van der Waals surface area contributed by atoms with Crippen LogP contribution in [0.5, 0.6) is 0 Å². The molecule has 0 saturated heterocycles. The van der Waals surface area contributed by atoms with Crippen molar-refractivity contribution in [3.05, 3.63) is 146 Å². The third-order valence-corrected chi connectivity index (χ3v) is 10.4. The third-order valence-electron chi connectivity index (χ3n) is 10.4. The van der Waals surface area contributed by atoms with Gasteiger partial charge in [-0.3, -0.25) is 4.57 Å². The van der Waals surface area contributed by atoms with Crippen molar-refractivity contribution in [2.75, 3.05) is 0 Å². The molecule has 0 unspecified atom stereocenters. The minimum absolute atomic E-state index is 0.511. The summed E-state index contributed by atoms with van der Waals surface area (Å²) >= 11 is 0. The van der Waals surface area contributed by atoms with Crippen LogP contribution in [-0.2, 0) is 0 Å². The van der Waals surface area contributed by atoms with Crippen LogP contribution in [0, 0.1) is 0 Å². The van der Waals surface area contributed by atoms with Crippen LogP contribution in [0.4, 0.5) is 0 Å². The highest BCUT2D eigenvalue weighted by Crippen LogP contribution is 2.42. The average Bonchev–Trinajstić information content (AvgIpc) is 3.93. The molecule has 0 aliphatic rings. The Hall–Kier alpha value is -6.85. The van der Waals surface area contributed by atoms with Gasteiger partial charge < -0.3 is 13.3 Å². The predicted octanol–water partition coefficient (Wildman–Crippen LogP) is 12.7. The number of benzene rings is 8. The van der Waals surface area contributed by atoms with Gasteiger partial charge in [0.05, 0.1) is 16.4 Å². The van der Waals surface area contributed by atoms with Gasteiger partial charge in [0, 0.05) is 26.9 Å². The Morgan fingerprint density at radius 1 is 0.420 bits per heavy atom. The molecular formula is C45H24N2O3. The molecule has 0 N–H and O–H groups in total. The summed E-state index contributed by atoms with van der Waals surface area (Å²) in [6.45, 7) is 0. The molecule has 12 rings (SSSR count). The predicted molar refractivity (Wildman–Crippen MR) is 203 cm³/mol. The van der Waals surface area contributed by atoms with Crippen molar-refractivity contribution in [2.24, 2.45) is 0 Å². The molecule has 50 heavy (non-hydrogen) atoms. The van der Waals surface area contributed by atoms with Crippen molar-refractivity contribution in [1.29, 1.82) is 0 Å². The SMILES string of the molecule is c1ccc2c(c1)cc(-c1ccc3oc4ccc5nc(-n6c7ccccc7c7cc8oc9ccccc9c8cc76)oc5c4c3c1)c1ccccc12. The first-order valence-electron chi connectivity index (χ1n) is 16.8. The van der Waals surface area contributed by atoms with Gasteiger partial charge in [0.25, 0.3) is 0 Å². The first-order chi connectivity index (χ1) is 24.8. The number of furan rings is 2. The second kappa shape index (κ2) is 9.40. The summed E-state index contributed by atoms with van der Waals surface area (Å²) in [5.74, 6) is 0. The normalized spacial score (nSPS) is 12.4. The van der Waals surface area contributed by atoms with Gasteiger partial charge in [0.15, 0.2) is 5.58 Å². The maximum Gasteiger partial charge on any atom is 0.307 e. The largest absolute Gasteiger partial charge is 0.456 e. The number of hydrogen-bond acceptors (Lipinski definition) is 4. The summed E-state index contributed by atoms with van der Waals surface area (Å²) in [4.78, 5) is 5.11. The van der Waals surface area contributed by atoms with Crippen molar-refractivity contribution < 1.29 is 13.3 Å². The average molecular weight is 641 g/mol. The quantitative estimate of drug-likeness (QED) is 0.176. The van der Waals surface area contributed by atoms with E-state index in [9.17, 15) is 0 Å². The second-order valence-electron chi connectivity index (χ2n) is 13.1. The van der Waals surface area contributed by atoms with E-state index in [0.29, 0.717) is 11.6 Å². The summed E-state index contributed by atoms with van der Waals surface area (Å²) in [5.41, 5.74) is 9.13. The van der Waals surface area contributed by atoms with Crippen LogP contribution in [0.1, 0.15) is 0 Å². The monoisotopic (exact) mass is 640 g/mol. The molecule has 0 aliphatic carbocycles. The summed E-state index contributed by atoms with van der Waals surface area (Å²) < 4.78 is 21.7. The van der Waals surface area contributed by atoms with Crippen LogP contribution < -0.4 is 0 Å². The fraction of sp³-hybridized carbons (Fsp3) is 0. The lowest BCUT2D eigenvalue weighted by Gasteiger charge is -2.11. The Balaban J connectivity index is 1.12. The Kier molecular flexibility index (Phi) is 4.91.